The van der Waals surface area contributed by atoms with Gasteiger partial charge in [0.2, 0.25) is 0 Å². The van der Waals surface area contributed by atoms with Crippen molar-refractivity contribution in [1.82, 2.24) is 10.2 Å². The molecule has 4 nitrogen and oxygen atoms in total. The van der Waals surface area contributed by atoms with Gasteiger partial charge in [0.05, 0.1) is 11.6 Å². The summed E-state index contributed by atoms with van der Waals surface area (Å²) in [6.07, 6.45) is -2.84. The van der Waals surface area contributed by atoms with Gasteiger partial charge < -0.3 is 15.0 Å². The summed E-state index contributed by atoms with van der Waals surface area (Å²) in [4.78, 5) is 14.1. The Hall–Kier alpha value is -1.47. The Kier molecular flexibility index (Phi) is 3.96. The van der Waals surface area contributed by atoms with Crippen molar-refractivity contribution in [1.29, 1.82) is 0 Å². The molecule has 126 valence electrons. The number of benzene rings is 1. The number of carbonyl (C=O) groups excluding carboxylic acids is 1. The summed E-state index contributed by atoms with van der Waals surface area (Å²) in [6, 6.07) is 3.10. The van der Waals surface area contributed by atoms with E-state index in [1.807, 2.05) is 6.07 Å². The number of carbonyl (C=O) groups is 1. The van der Waals surface area contributed by atoms with Crippen LogP contribution in [0.15, 0.2) is 12.1 Å². The number of alkyl halides is 3. The Bertz CT molecular complexity index is 646. The van der Waals surface area contributed by atoms with Crippen LogP contribution in [-0.2, 0) is 0 Å². The molecule has 0 unspecified atom stereocenters. The van der Waals surface area contributed by atoms with Crippen molar-refractivity contribution in [2.75, 3.05) is 19.6 Å². The minimum Gasteiger partial charge on any atom is -0.405 e. The lowest BCUT2D eigenvalue weighted by molar-refractivity contribution is -0.274. The van der Waals surface area contributed by atoms with Crippen LogP contribution in [0.3, 0.4) is 0 Å². The van der Waals surface area contributed by atoms with Gasteiger partial charge >= 0.3 is 6.36 Å². The number of nitrogens with zero attached hydrogens (tertiary/aromatic N) is 1. The van der Waals surface area contributed by atoms with E-state index in [0.717, 1.165) is 18.4 Å². The fourth-order valence-electron chi connectivity index (χ4n) is 3.38. The molecule has 0 radical (unpaired) electrons. The maximum absolute atomic E-state index is 12.7. The molecule has 1 atom stereocenters. The van der Waals surface area contributed by atoms with Crippen molar-refractivity contribution in [3.8, 4) is 5.75 Å². The van der Waals surface area contributed by atoms with Crippen molar-refractivity contribution in [2.24, 2.45) is 0 Å². The van der Waals surface area contributed by atoms with Crippen molar-refractivity contribution in [3.05, 3.63) is 28.8 Å². The van der Waals surface area contributed by atoms with Crippen LogP contribution in [0.1, 0.15) is 46.3 Å². The molecule has 4 rings (SSSR count). The highest BCUT2D eigenvalue weighted by atomic mass is 35.5. The van der Waals surface area contributed by atoms with Crippen molar-refractivity contribution in [3.63, 3.8) is 0 Å². The second-order valence-corrected chi connectivity index (χ2v) is 6.02. The van der Waals surface area contributed by atoms with Gasteiger partial charge in [0.25, 0.3) is 5.91 Å². The van der Waals surface area contributed by atoms with E-state index in [1.54, 1.807) is 4.90 Å². The summed E-state index contributed by atoms with van der Waals surface area (Å²) in [7, 11) is 0. The van der Waals surface area contributed by atoms with E-state index in [9.17, 15) is 18.0 Å². The lowest BCUT2D eigenvalue weighted by atomic mass is 9.97. The number of fused-ring (bicyclic) bond motifs is 3. The molecule has 2 heterocycles. The molecule has 1 N–H and O–H groups in total. The molecule has 3 aliphatic rings. The Labute approximate surface area is 137 Å². The van der Waals surface area contributed by atoms with E-state index >= 15 is 0 Å². The first-order valence-corrected chi connectivity index (χ1v) is 7.39. The molecular formula is C15H16ClF3N2O2. The molecule has 0 aromatic heterocycles. The van der Waals surface area contributed by atoms with E-state index in [-0.39, 0.29) is 35.7 Å². The summed E-state index contributed by atoms with van der Waals surface area (Å²) in [5, 5.41) is 3.19. The van der Waals surface area contributed by atoms with E-state index in [2.05, 4.69) is 10.1 Å². The number of piperazine rings is 1. The van der Waals surface area contributed by atoms with Gasteiger partial charge in [-0.2, -0.15) is 0 Å². The fourth-order valence-corrected chi connectivity index (χ4v) is 3.38. The van der Waals surface area contributed by atoms with Gasteiger partial charge in [-0.3, -0.25) is 4.79 Å². The molecule has 2 aliphatic heterocycles. The van der Waals surface area contributed by atoms with Crippen molar-refractivity contribution >= 4 is 18.3 Å². The van der Waals surface area contributed by atoms with Crippen LogP contribution in [0.5, 0.6) is 5.75 Å². The summed E-state index contributed by atoms with van der Waals surface area (Å²) in [6.45, 7) is 1.72. The van der Waals surface area contributed by atoms with Gasteiger partial charge in [-0.15, -0.1) is 25.6 Å². The van der Waals surface area contributed by atoms with Gasteiger partial charge in [0.1, 0.15) is 5.75 Å². The Morgan fingerprint density at radius 2 is 2.00 bits per heavy atom. The zero-order valence-electron chi connectivity index (χ0n) is 12.2. The predicted molar refractivity (Wildman–Crippen MR) is 79.0 cm³/mol. The summed E-state index contributed by atoms with van der Waals surface area (Å²) >= 11 is 0. The highest BCUT2D eigenvalue weighted by Crippen LogP contribution is 2.47. The molecule has 23 heavy (non-hydrogen) atoms. The standard InChI is InChI=1S/C15H15F3N2O2.ClH/c16-15(17,18)22-12-6-9(8-1-2-8)5-10-11-7-19-3-4-20(11)14(21)13(10)12;/h5-6,8,11,19H,1-4,7H2;1H/t11-;/m0./s1. The van der Waals surface area contributed by atoms with Crippen LogP contribution in [0.4, 0.5) is 13.2 Å². The highest BCUT2D eigenvalue weighted by molar-refractivity contribution is 6.02. The lowest BCUT2D eigenvalue weighted by Gasteiger charge is -2.30. The van der Waals surface area contributed by atoms with E-state index in [1.165, 1.54) is 6.07 Å². The number of hydrogen-bond donors (Lipinski definition) is 1. The number of rotatable bonds is 2. The zero-order valence-corrected chi connectivity index (χ0v) is 13.0. The maximum Gasteiger partial charge on any atom is 0.573 e. The van der Waals surface area contributed by atoms with Crippen LogP contribution in [0.25, 0.3) is 0 Å². The van der Waals surface area contributed by atoms with Crippen LogP contribution >= 0.6 is 12.4 Å². The van der Waals surface area contributed by atoms with Crippen LogP contribution < -0.4 is 10.1 Å². The van der Waals surface area contributed by atoms with Crippen LogP contribution in [0.2, 0.25) is 0 Å². The second kappa shape index (κ2) is 5.56. The molecule has 1 saturated heterocycles. The van der Waals surface area contributed by atoms with Crippen molar-refractivity contribution in [2.45, 2.75) is 31.2 Å². The molecular weight excluding hydrogens is 333 g/mol. The fraction of sp³-hybridized carbons (Fsp3) is 0.533. The average molecular weight is 349 g/mol. The normalized spacial score (nSPS) is 23.2. The zero-order chi connectivity index (χ0) is 15.5. The molecule has 1 saturated carbocycles. The smallest absolute Gasteiger partial charge is 0.405 e. The highest BCUT2D eigenvalue weighted by Gasteiger charge is 2.43. The average Bonchev–Trinajstić information content (AvgIpc) is 3.25. The van der Waals surface area contributed by atoms with E-state index in [0.29, 0.717) is 31.1 Å². The SMILES string of the molecule is Cl.O=C1c2c(OC(F)(F)F)cc(C3CC3)cc2[C@@H]2CNCCN12. The van der Waals surface area contributed by atoms with Gasteiger partial charge in [0, 0.05) is 19.6 Å². The predicted octanol–water partition coefficient (Wildman–Crippen LogP) is 2.98. The summed E-state index contributed by atoms with van der Waals surface area (Å²) in [5.74, 6) is -0.406. The van der Waals surface area contributed by atoms with Crippen LogP contribution in [-0.4, -0.2) is 36.8 Å². The van der Waals surface area contributed by atoms with Gasteiger partial charge in [-0.05, 0) is 36.0 Å². The monoisotopic (exact) mass is 348 g/mol. The number of ether oxygens (including phenoxy) is 1. The second-order valence-electron chi connectivity index (χ2n) is 6.02. The third-order valence-corrected chi connectivity index (χ3v) is 4.51. The number of amides is 1. The molecule has 1 amide bonds. The van der Waals surface area contributed by atoms with Gasteiger partial charge in [-0.1, -0.05) is 6.07 Å². The number of hydrogen-bond acceptors (Lipinski definition) is 3. The lowest BCUT2D eigenvalue weighted by Crippen LogP contribution is -2.44. The quantitative estimate of drug-likeness (QED) is 0.893. The van der Waals surface area contributed by atoms with Crippen molar-refractivity contribution < 1.29 is 22.7 Å². The summed E-state index contributed by atoms with van der Waals surface area (Å²) in [5.41, 5.74) is 1.59. The minimum absolute atomic E-state index is 0. The molecule has 2 fully saturated rings. The van der Waals surface area contributed by atoms with E-state index in [4.69, 9.17) is 0 Å². The topological polar surface area (TPSA) is 41.6 Å². The number of nitrogens with one attached hydrogen (secondary N) is 1. The van der Waals surface area contributed by atoms with Gasteiger partial charge in [-0.25, -0.2) is 0 Å². The Morgan fingerprint density at radius 1 is 1.26 bits per heavy atom. The third-order valence-electron chi connectivity index (χ3n) is 4.51. The first-order chi connectivity index (χ1) is 10.4. The number of halogens is 4. The first-order valence-electron chi connectivity index (χ1n) is 7.39. The summed E-state index contributed by atoms with van der Waals surface area (Å²) < 4.78 is 42.3. The molecule has 1 aromatic rings. The molecule has 0 bridgehead atoms. The maximum atomic E-state index is 12.7. The molecule has 1 aromatic carbocycles. The third kappa shape index (κ3) is 2.87. The van der Waals surface area contributed by atoms with Gasteiger partial charge in [0.15, 0.2) is 0 Å². The molecule has 8 heteroatoms. The largest absolute Gasteiger partial charge is 0.573 e. The Morgan fingerprint density at radius 3 is 2.65 bits per heavy atom. The Balaban J connectivity index is 0.00000156. The molecule has 0 spiro atoms. The first kappa shape index (κ1) is 16.4. The van der Waals surface area contributed by atoms with E-state index < -0.39 is 6.36 Å². The molecule has 1 aliphatic carbocycles. The minimum atomic E-state index is -4.79. The van der Waals surface area contributed by atoms with Crippen LogP contribution in [0, 0.1) is 0 Å².